The van der Waals surface area contributed by atoms with Crippen LogP contribution in [-0.2, 0) is 19.0 Å². The van der Waals surface area contributed by atoms with Crippen molar-refractivity contribution >= 4 is 23.0 Å². The number of fused-ring (bicyclic) bond motifs is 2. The molecule has 0 bridgehead atoms. The van der Waals surface area contributed by atoms with E-state index in [4.69, 9.17) is 25.1 Å². The second kappa shape index (κ2) is 6.92. The lowest BCUT2D eigenvalue weighted by molar-refractivity contribution is -0.313. The molecule has 152 valence electrons. The third-order valence-corrected chi connectivity index (χ3v) is 5.11. The van der Waals surface area contributed by atoms with E-state index in [1.54, 1.807) is 24.7 Å². The number of imidazole rings is 1. The molecule has 2 fully saturated rings. The highest BCUT2D eigenvalue weighted by Gasteiger charge is 2.56. The predicted molar refractivity (Wildman–Crippen MR) is 92.3 cm³/mol. The summed E-state index contributed by atoms with van der Waals surface area (Å²) >= 11 is 0. The molecule has 4 heterocycles. The normalized spacial score (nSPS) is 29.8. The number of hydrogen-bond acceptors (Lipinski definition) is 10. The molecule has 2 aromatic rings. The first-order valence-electron chi connectivity index (χ1n) is 9.06. The molecular formula is C17H22N5O6-. The summed E-state index contributed by atoms with van der Waals surface area (Å²) in [6.07, 6.45) is 0.898. The number of ether oxygens (including phenoxy) is 3. The number of carboxylic acids is 1. The highest BCUT2D eigenvalue weighted by atomic mass is 16.8. The summed E-state index contributed by atoms with van der Waals surface area (Å²) in [5.41, 5.74) is 6.78. The molecule has 11 nitrogen and oxygen atoms in total. The van der Waals surface area contributed by atoms with E-state index in [9.17, 15) is 9.90 Å². The fourth-order valence-corrected chi connectivity index (χ4v) is 3.90. The van der Waals surface area contributed by atoms with E-state index < -0.39 is 42.2 Å². The van der Waals surface area contributed by atoms with E-state index in [1.165, 1.54) is 6.33 Å². The second-order valence-corrected chi connectivity index (χ2v) is 7.48. The monoisotopic (exact) mass is 392 g/mol. The first kappa shape index (κ1) is 19.0. The van der Waals surface area contributed by atoms with Crippen molar-refractivity contribution in [2.75, 3.05) is 12.3 Å². The molecule has 28 heavy (non-hydrogen) atoms. The largest absolute Gasteiger partial charge is 0.550 e. The fourth-order valence-electron chi connectivity index (χ4n) is 3.90. The van der Waals surface area contributed by atoms with Gasteiger partial charge in [0.2, 0.25) is 0 Å². The summed E-state index contributed by atoms with van der Waals surface area (Å²) in [6.45, 7) is 3.32. The van der Waals surface area contributed by atoms with Crippen molar-refractivity contribution in [2.24, 2.45) is 5.92 Å². The molecule has 2 aliphatic heterocycles. The number of aliphatic hydroxyl groups excluding tert-OH is 1. The minimum atomic E-state index is -1.23. The van der Waals surface area contributed by atoms with Crippen LogP contribution in [0, 0.1) is 5.92 Å². The van der Waals surface area contributed by atoms with Crippen LogP contribution in [0.25, 0.3) is 11.2 Å². The highest BCUT2D eigenvalue weighted by molar-refractivity contribution is 5.81. The summed E-state index contributed by atoms with van der Waals surface area (Å²) in [7, 11) is 0. The molecular weight excluding hydrogens is 370 g/mol. The second-order valence-electron chi connectivity index (χ2n) is 7.48. The van der Waals surface area contributed by atoms with Crippen molar-refractivity contribution in [1.29, 1.82) is 0 Å². The Bertz CT molecular complexity index is 886. The molecule has 5 atom stereocenters. The Kier molecular flexibility index (Phi) is 4.70. The quantitative estimate of drug-likeness (QED) is 0.622. The number of aromatic nitrogens is 4. The summed E-state index contributed by atoms with van der Waals surface area (Å²) in [5.74, 6) is -2.70. The molecule has 0 spiro atoms. The minimum absolute atomic E-state index is 0.0757. The van der Waals surface area contributed by atoms with Gasteiger partial charge < -0.3 is 35.0 Å². The van der Waals surface area contributed by atoms with Gasteiger partial charge in [-0.2, -0.15) is 0 Å². The molecule has 1 unspecified atom stereocenters. The SMILES string of the molecule is CC1(C)O[C@@H]2[C@H](O1)[C@@H](CC(CCO)C(=O)[O-])O[C@H]2n1cnc2c(N)ncnc21. The average molecular weight is 392 g/mol. The summed E-state index contributed by atoms with van der Waals surface area (Å²) in [4.78, 5) is 23.8. The van der Waals surface area contributed by atoms with Gasteiger partial charge in [-0.3, -0.25) is 4.57 Å². The maximum atomic E-state index is 11.4. The third-order valence-electron chi connectivity index (χ3n) is 5.11. The number of hydrogen-bond donors (Lipinski definition) is 2. The van der Waals surface area contributed by atoms with E-state index in [2.05, 4.69) is 15.0 Å². The van der Waals surface area contributed by atoms with Crippen LogP contribution >= 0.6 is 0 Å². The Hall–Kier alpha value is -2.34. The first-order chi connectivity index (χ1) is 13.3. The van der Waals surface area contributed by atoms with Gasteiger partial charge in [-0.15, -0.1) is 0 Å². The maximum absolute atomic E-state index is 11.4. The molecule has 3 N–H and O–H groups in total. The molecule has 0 aliphatic carbocycles. The zero-order chi connectivity index (χ0) is 20.1. The van der Waals surface area contributed by atoms with Crippen LogP contribution in [-0.4, -0.2) is 61.3 Å². The van der Waals surface area contributed by atoms with E-state index in [-0.39, 0.29) is 25.3 Å². The van der Waals surface area contributed by atoms with Crippen molar-refractivity contribution in [3.05, 3.63) is 12.7 Å². The number of nitrogens with two attached hydrogens (primary N) is 1. The first-order valence-corrected chi connectivity index (χ1v) is 9.06. The zero-order valence-corrected chi connectivity index (χ0v) is 15.5. The zero-order valence-electron chi connectivity index (χ0n) is 15.5. The van der Waals surface area contributed by atoms with Crippen molar-refractivity contribution < 1.29 is 29.2 Å². The van der Waals surface area contributed by atoms with Gasteiger partial charge >= 0.3 is 0 Å². The molecule has 2 aliphatic rings. The molecule has 0 aromatic carbocycles. The number of anilines is 1. The highest BCUT2D eigenvalue weighted by Crippen LogP contribution is 2.45. The van der Waals surface area contributed by atoms with Crippen LogP contribution in [0.1, 0.15) is 32.9 Å². The number of nitrogen functional groups attached to an aromatic ring is 1. The smallest absolute Gasteiger partial charge is 0.167 e. The number of carbonyl (C=O) groups excluding carboxylic acids is 1. The van der Waals surface area contributed by atoms with Gasteiger partial charge in [-0.25, -0.2) is 15.0 Å². The number of carboxylic acid groups (broad SMARTS) is 1. The Morgan fingerprint density at radius 1 is 1.36 bits per heavy atom. The topological polar surface area (TPSA) is 158 Å². The van der Waals surface area contributed by atoms with Crippen LogP contribution < -0.4 is 10.8 Å². The van der Waals surface area contributed by atoms with Gasteiger partial charge in [-0.05, 0) is 26.7 Å². The lowest BCUT2D eigenvalue weighted by Gasteiger charge is -2.27. The Morgan fingerprint density at radius 3 is 2.82 bits per heavy atom. The molecule has 0 amide bonds. The third kappa shape index (κ3) is 3.20. The van der Waals surface area contributed by atoms with Crippen molar-refractivity contribution in [1.82, 2.24) is 19.5 Å². The van der Waals surface area contributed by atoms with Crippen LogP contribution in [0.3, 0.4) is 0 Å². The number of aliphatic carboxylic acids is 1. The molecule has 0 radical (unpaired) electrons. The number of carbonyl (C=O) groups is 1. The molecule has 2 saturated heterocycles. The van der Waals surface area contributed by atoms with E-state index in [0.29, 0.717) is 11.2 Å². The number of rotatable bonds is 6. The molecule has 0 saturated carbocycles. The van der Waals surface area contributed by atoms with Crippen LogP contribution in [0.15, 0.2) is 12.7 Å². The van der Waals surface area contributed by atoms with Gasteiger partial charge in [0.25, 0.3) is 0 Å². The fraction of sp³-hybridized carbons (Fsp3) is 0.647. The van der Waals surface area contributed by atoms with Crippen molar-refractivity contribution in [2.45, 2.75) is 57.0 Å². The Morgan fingerprint density at radius 2 is 2.11 bits per heavy atom. The number of aliphatic hydroxyl groups is 1. The van der Waals surface area contributed by atoms with Gasteiger partial charge in [0.15, 0.2) is 23.5 Å². The van der Waals surface area contributed by atoms with Crippen LogP contribution in [0.4, 0.5) is 5.82 Å². The van der Waals surface area contributed by atoms with Crippen molar-refractivity contribution in [3.8, 4) is 0 Å². The molecule has 4 rings (SSSR count). The summed E-state index contributed by atoms with van der Waals surface area (Å²) < 4.78 is 19.9. The summed E-state index contributed by atoms with van der Waals surface area (Å²) in [5, 5.41) is 20.6. The Balaban J connectivity index is 1.66. The number of nitrogens with zero attached hydrogens (tertiary/aromatic N) is 4. The lowest BCUT2D eigenvalue weighted by Crippen LogP contribution is -2.38. The van der Waals surface area contributed by atoms with Crippen LogP contribution in [0.2, 0.25) is 0 Å². The van der Waals surface area contributed by atoms with Crippen molar-refractivity contribution in [3.63, 3.8) is 0 Å². The minimum Gasteiger partial charge on any atom is -0.550 e. The van der Waals surface area contributed by atoms with E-state index >= 15 is 0 Å². The standard InChI is InChI=1S/C17H23N5O6/c1-17(2)27-11-9(5-8(3-4-23)16(24)25)26-15(12(11)28-17)22-7-21-10-13(18)19-6-20-14(10)22/h6-9,11-12,15,23H,3-5H2,1-2H3,(H,24,25)(H2,18,19,20)/p-1/t8?,9-,11-,12-,15-/m1/s1. The Labute approximate surface area is 160 Å². The predicted octanol–water partition coefficient (Wildman–Crippen LogP) is -1.04. The van der Waals surface area contributed by atoms with Gasteiger partial charge in [0.05, 0.1) is 12.4 Å². The van der Waals surface area contributed by atoms with Gasteiger partial charge in [0.1, 0.15) is 24.1 Å². The maximum Gasteiger partial charge on any atom is 0.167 e. The molecule has 11 heteroatoms. The van der Waals surface area contributed by atoms with Gasteiger partial charge in [0, 0.05) is 18.5 Å². The molecule has 2 aromatic heterocycles. The summed E-state index contributed by atoms with van der Waals surface area (Å²) in [6, 6.07) is 0. The van der Waals surface area contributed by atoms with Gasteiger partial charge in [-0.1, -0.05) is 0 Å². The van der Waals surface area contributed by atoms with E-state index in [0.717, 1.165) is 0 Å². The average Bonchev–Trinajstić information content (AvgIpc) is 3.27. The lowest BCUT2D eigenvalue weighted by atomic mass is 9.95. The van der Waals surface area contributed by atoms with Crippen LogP contribution in [0.5, 0.6) is 0 Å². The van der Waals surface area contributed by atoms with E-state index in [1.807, 2.05) is 0 Å².